The predicted octanol–water partition coefficient (Wildman–Crippen LogP) is 2.03. The number of nitrogens with one attached hydrogen (secondary N) is 1. The maximum atomic E-state index is 11.9. The van der Waals surface area contributed by atoms with Crippen molar-refractivity contribution in [2.24, 2.45) is 11.8 Å². The third-order valence-corrected chi connectivity index (χ3v) is 3.43. The Labute approximate surface area is 104 Å². The number of aliphatic hydroxyl groups excluding tert-OH is 1. The van der Waals surface area contributed by atoms with Crippen molar-refractivity contribution in [3.05, 3.63) is 25.3 Å². The molecule has 2 N–H and O–H groups in total. The van der Waals surface area contributed by atoms with Crippen molar-refractivity contribution in [2.75, 3.05) is 6.54 Å². The van der Waals surface area contributed by atoms with Gasteiger partial charge in [0.25, 0.3) is 0 Å². The molecule has 17 heavy (non-hydrogen) atoms. The molecule has 0 aliphatic heterocycles. The van der Waals surface area contributed by atoms with E-state index >= 15 is 0 Å². The number of rotatable bonds is 7. The molecule has 96 valence electrons. The van der Waals surface area contributed by atoms with E-state index in [0.717, 1.165) is 19.3 Å². The lowest BCUT2D eigenvalue weighted by atomic mass is 9.99. The summed E-state index contributed by atoms with van der Waals surface area (Å²) in [5.41, 5.74) is 0. The smallest absolute Gasteiger partial charge is 0.223 e. The van der Waals surface area contributed by atoms with Crippen LogP contribution in [0.3, 0.4) is 0 Å². The van der Waals surface area contributed by atoms with Crippen LogP contribution in [-0.4, -0.2) is 23.7 Å². The van der Waals surface area contributed by atoms with Crippen molar-refractivity contribution in [2.45, 2.75) is 38.2 Å². The number of aliphatic hydroxyl groups is 1. The van der Waals surface area contributed by atoms with E-state index in [-0.39, 0.29) is 23.8 Å². The van der Waals surface area contributed by atoms with Gasteiger partial charge in [0.05, 0.1) is 6.10 Å². The Hall–Kier alpha value is -1.09. The monoisotopic (exact) mass is 237 g/mol. The molecular weight excluding hydrogens is 214 g/mol. The van der Waals surface area contributed by atoms with E-state index in [1.165, 1.54) is 0 Å². The second kappa shape index (κ2) is 7.28. The molecule has 3 heteroatoms. The Bertz CT molecular complexity index is 265. The summed E-state index contributed by atoms with van der Waals surface area (Å²) in [6.45, 7) is 7.91. The van der Waals surface area contributed by atoms with Gasteiger partial charge in [-0.3, -0.25) is 4.79 Å². The quantitative estimate of drug-likeness (QED) is 0.666. The number of hydrogen-bond donors (Lipinski definition) is 2. The Morgan fingerprint density at radius 2 is 2.00 bits per heavy atom. The van der Waals surface area contributed by atoms with Crippen LogP contribution in [0.25, 0.3) is 0 Å². The Kier molecular flexibility index (Phi) is 5.98. The molecule has 0 aromatic rings. The molecular formula is C14H23NO2. The molecule has 1 saturated carbocycles. The first-order valence-corrected chi connectivity index (χ1v) is 6.36. The van der Waals surface area contributed by atoms with Crippen molar-refractivity contribution >= 4 is 5.91 Å². The predicted molar refractivity (Wildman–Crippen MR) is 69.5 cm³/mol. The fourth-order valence-corrected chi connectivity index (χ4v) is 2.34. The van der Waals surface area contributed by atoms with E-state index < -0.39 is 0 Å². The molecule has 2 unspecified atom stereocenters. The average Bonchev–Trinajstić information content (AvgIpc) is 2.71. The van der Waals surface area contributed by atoms with E-state index in [1.54, 1.807) is 12.2 Å². The molecule has 0 bridgehead atoms. The molecule has 0 spiro atoms. The molecule has 2 atom stereocenters. The van der Waals surface area contributed by atoms with Crippen molar-refractivity contribution in [1.82, 2.24) is 5.32 Å². The minimum Gasteiger partial charge on any atom is -0.393 e. The first kappa shape index (κ1) is 14.0. The van der Waals surface area contributed by atoms with Crippen molar-refractivity contribution < 1.29 is 9.90 Å². The summed E-state index contributed by atoms with van der Waals surface area (Å²) >= 11 is 0. The minimum atomic E-state index is -0.243. The highest BCUT2D eigenvalue weighted by Crippen LogP contribution is 2.24. The molecule has 0 aromatic carbocycles. The summed E-state index contributed by atoms with van der Waals surface area (Å²) in [6, 6.07) is 0. The van der Waals surface area contributed by atoms with Gasteiger partial charge in [0.2, 0.25) is 5.91 Å². The SMILES string of the molecule is C=CCC(CC=C)C(=O)NCC1CCCC1O. The molecule has 1 aliphatic carbocycles. The van der Waals surface area contributed by atoms with Crippen LogP contribution in [0, 0.1) is 11.8 Å². The Morgan fingerprint density at radius 3 is 2.47 bits per heavy atom. The van der Waals surface area contributed by atoms with Crippen molar-refractivity contribution in [1.29, 1.82) is 0 Å². The molecule has 0 heterocycles. The van der Waals surface area contributed by atoms with Crippen LogP contribution in [0.2, 0.25) is 0 Å². The van der Waals surface area contributed by atoms with Crippen molar-refractivity contribution in [3.8, 4) is 0 Å². The first-order valence-electron chi connectivity index (χ1n) is 6.36. The molecule has 0 radical (unpaired) electrons. The lowest BCUT2D eigenvalue weighted by Crippen LogP contribution is -2.36. The van der Waals surface area contributed by atoms with Crippen LogP contribution in [0.1, 0.15) is 32.1 Å². The zero-order valence-electron chi connectivity index (χ0n) is 10.4. The highest BCUT2D eigenvalue weighted by molar-refractivity contribution is 5.78. The van der Waals surface area contributed by atoms with Crippen LogP contribution in [0.5, 0.6) is 0 Å². The van der Waals surface area contributed by atoms with Gasteiger partial charge in [0, 0.05) is 18.4 Å². The molecule has 0 aromatic heterocycles. The fourth-order valence-electron chi connectivity index (χ4n) is 2.34. The summed E-state index contributed by atoms with van der Waals surface area (Å²) in [4.78, 5) is 11.9. The number of carbonyl (C=O) groups excluding carboxylic acids is 1. The second-order valence-corrected chi connectivity index (χ2v) is 4.75. The largest absolute Gasteiger partial charge is 0.393 e. The van der Waals surface area contributed by atoms with Gasteiger partial charge in [-0.15, -0.1) is 13.2 Å². The fraction of sp³-hybridized carbons (Fsp3) is 0.643. The lowest BCUT2D eigenvalue weighted by molar-refractivity contribution is -0.125. The van der Waals surface area contributed by atoms with Gasteiger partial charge in [0.1, 0.15) is 0 Å². The van der Waals surface area contributed by atoms with E-state index in [2.05, 4.69) is 18.5 Å². The van der Waals surface area contributed by atoms with E-state index in [9.17, 15) is 9.90 Å². The van der Waals surface area contributed by atoms with Gasteiger partial charge in [-0.05, 0) is 25.7 Å². The maximum Gasteiger partial charge on any atom is 0.223 e. The van der Waals surface area contributed by atoms with Crippen LogP contribution >= 0.6 is 0 Å². The summed E-state index contributed by atoms with van der Waals surface area (Å²) < 4.78 is 0. The number of allylic oxidation sites excluding steroid dienone is 2. The molecule has 0 saturated heterocycles. The molecule has 3 nitrogen and oxygen atoms in total. The number of amides is 1. The topological polar surface area (TPSA) is 49.3 Å². The highest BCUT2D eigenvalue weighted by atomic mass is 16.3. The van der Waals surface area contributed by atoms with Gasteiger partial charge >= 0.3 is 0 Å². The van der Waals surface area contributed by atoms with Crippen LogP contribution < -0.4 is 5.32 Å². The maximum absolute atomic E-state index is 11.9. The summed E-state index contributed by atoms with van der Waals surface area (Å²) in [7, 11) is 0. The van der Waals surface area contributed by atoms with Crippen LogP contribution in [0.4, 0.5) is 0 Å². The van der Waals surface area contributed by atoms with E-state index in [0.29, 0.717) is 19.4 Å². The average molecular weight is 237 g/mol. The highest BCUT2D eigenvalue weighted by Gasteiger charge is 2.26. The zero-order valence-corrected chi connectivity index (χ0v) is 10.4. The van der Waals surface area contributed by atoms with E-state index in [1.807, 2.05) is 0 Å². The zero-order chi connectivity index (χ0) is 12.7. The van der Waals surface area contributed by atoms with Gasteiger partial charge in [0.15, 0.2) is 0 Å². The second-order valence-electron chi connectivity index (χ2n) is 4.75. The minimum absolute atomic E-state index is 0.0453. The van der Waals surface area contributed by atoms with Gasteiger partial charge in [-0.1, -0.05) is 18.6 Å². The molecule has 1 rings (SSSR count). The van der Waals surface area contributed by atoms with Crippen LogP contribution in [0.15, 0.2) is 25.3 Å². The summed E-state index contributed by atoms with van der Waals surface area (Å²) in [6.07, 6.45) is 7.56. The van der Waals surface area contributed by atoms with Gasteiger partial charge < -0.3 is 10.4 Å². The number of hydrogen-bond acceptors (Lipinski definition) is 2. The van der Waals surface area contributed by atoms with E-state index in [4.69, 9.17) is 0 Å². The lowest BCUT2D eigenvalue weighted by Gasteiger charge is -2.18. The number of carbonyl (C=O) groups is 1. The Balaban J connectivity index is 2.35. The molecule has 1 aliphatic rings. The summed E-state index contributed by atoms with van der Waals surface area (Å²) in [5, 5.41) is 12.6. The molecule has 1 fully saturated rings. The summed E-state index contributed by atoms with van der Waals surface area (Å²) in [5.74, 6) is 0.208. The third-order valence-electron chi connectivity index (χ3n) is 3.43. The standard InChI is InChI=1S/C14H23NO2/c1-3-6-11(7-4-2)14(17)15-10-12-8-5-9-13(12)16/h3-4,11-13,16H,1-2,5-10H2,(H,15,17). The molecule has 1 amide bonds. The first-order chi connectivity index (χ1) is 8.19. The van der Waals surface area contributed by atoms with Gasteiger partial charge in [-0.25, -0.2) is 0 Å². The normalized spacial score (nSPS) is 23.6. The van der Waals surface area contributed by atoms with Crippen molar-refractivity contribution in [3.63, 3.8) is 0 Å². The third kappa shape index (κ3) is 4.35. The van der Waals surface area contributed by atoms with Crippen LogP contribution in [-0.2, 0) is 4.79 Å². The van der Waals surface area contributed by atoms with Gasteiger partial charge in [-0.2, -0.15) is 0 Å². The Morgan fingerprint density at radius 1 is 1.35 bits per heavy atom.